The van der Waals surface area contributed by atoms with Gasteiger partial charge in [0, 0.05) is 11.1 Å². The van der Waals surface area contributed by atoms with Crippen molar-refractivity contribution < 1.29 is 9.53 Å². The van der Waals surface area contributed by atoms with E-state index in [0.29, 0.717) is 12.2 Å². The van der Waals surface area contributed by atoms with Crippen molar-refractivity contribution in [3.63, 3.8) is 0 Å². The third-order valence-corrected chi connectivity index (χ3v) is 3.05. The average molecular weight is 248 g/mol. The standard InChI is InChI=1S/C17H12O2/c18-17-12-14(11-10-13-6-2-1-3-7-13)15-8-4-5-9-16(15)19-17/h1-9,14H,12H2/t14-/m0/s1. The fraction of sp³-hybridized carbons (Fsp3) is 0.118. The molecule has 0 aliphatic carbocycles. The maximum Gasteiger partial charge on any atom is 0.312 e. The molecule has 3 rings (SSSR count). The van der Waals surface area contributed by atoms with Crippen LogP contribution in [0.4, 0.5) is 0 Å². The number of para-hydroxylation sites is 1. The highest BCUT2D eigenvalue weighted by Crippen LogP contribution is 2.33. The summed E-state index contributed by atoms with van der Waals surface area (Å²) in [6.45, 7) is 0. The largest absolute Gasteiger partial charge is 0.426 e. The zero-order valence-electron chi connectivity index (χ0n) is 10.3. The number of benzene rings is 2. The lowest BCUT2D eigenvalue weighted by Crippen LogP contribution is -2.19. The number of rotatable bonds is 0. The zero-order chi connectivity index (χ0) is 13.1. The molecule has 19 heavy (non-hydrogen) atoms. The molecular formula is C17H12O2. The Balaban J connectivity index is 1.94. The Morgan fingerprint density at radius 2 is 1.74 bits per heavy atom. The monoisotopic (exact) mass is 248 g/mol. The van der Waals surface area contributed by atoms with Crippen molar-refractivity contribution >= 4 is 5.97 Å². The number of fused-ring (bicyclic) bond motifs is 1. The Bertz CT molecular complexity index is 662. The first kappa shape index (κ1) is 11.6. The second-order valence-corrected chi connectivity index (χ2v) is 4.40. The number of hydrogen-bond donors (Lipinski definition) is 0. The molecule has 0 fully saturated rings. The lowest BCUT2D eigenvalue weighted by atomic mass is 9.93. The molecule has 1 heterocycles. The van der Waals surface area contributed by atoms with E-state index < -0.39 is 0 Å². The third kappa shape index (κ3) is 2.51. The quantitative estimate of drug-likeness (QED) is 0.407. The van der Waals surface area contributed by atoms with Gasteiger partial charge in [0.25, 0.3) is 0 Å². The van der Waals surface area contributed by atoms with Gasteiger partial charge < -0.3 is 4.74 Å². The third-order valence-electron chi connectivity index (χ3n) is 3.05. The molecule has 1 atom stereocenters. The first-order chi connectivity index (χ1) is 9.33. The molecule has 0 bridgehead atoms. The molecule has 0 saturated carbocycles. The van der Waals surface area contributed by atoms with Crippen LogP contribution in [0, 0.1) is 11.8 Å². The Kier molecular flexibility index (Phi) is 3.04. The summed E-state index contributed by atoms with van der Waals surface area (Å²) >= 11 is 0. The predicted molar refractivity (Wildman–Crippen MR) is 72.8 cm³/mol. The van der Waals surface area contributed by atoms with Gasteiger partial charge in [0.15, 0.2) is 0 Å². The molecule has 0 amide bonds. The molecule has 2 heteroatoms. The minimum Gasteiger partial charge on any atom is -0.426 e. The van der Waals surface area contributed by atoms with Gasteiger partial charge in [-0.1, -0.05) is 48.2 Å². The van der Waals surface area contributed by atoms with Crippen LogP contribution in [0.25, 0.3) is 0 Å². The number of hydrogen-bond acceptors (Lipinski definition) is 2. The van der Waals surface area contributed by atoms with Crippen LogP contribution in [-0.4, -0.2) is 5.97 Å². The summed E-state index contributed by atoms with van der Waals surface area (Å²) in [6, 6.07) is 17.3. The van der Waals surface area contributed by atoms with Crippen molar-refractivity contribution in [1.82, 2.24) is 0 Å². The molecule has 0 spiro atoms. The van der Waals surface area contributed by atoms with Crippen molar-refractivity contribution in [2.24, 2.45) is 0 Å². The molecule has 2 aromatic rings. The van der Waals surface area contributed by atoms with E-state index in [1.54, 1.807) is 0 Å². The van der Waals surface area contributed by atoms with E-state index in [9.17, 15) is 4.79 Å². The van der Waals surface area contributed by atoms with Crippen LogP contribution in [0.15, 0.2) is 54.6 Å². The summed E-state index contributed by atoms with van der Waals surface area (Å²) in [5, 5.41) is 0. The average Bonchev–Trinajstić information content (AvgIpc) is 2.45. The number of carbonyl (C=O) groups is 1. The summed E-state index contributed by atoms with van der Waals surface area (Å²) in [6.07, 6.45) is 0.316. The van der Waals surface area contributed by atoms with Gasteiger partial charge in [0.2, 0.25) is 0 Å². The Hall–Kier alpha value is -2.53. The lowest BCUT2D eigenvalue weighted by Gasteiger charge is -2.20. The van der Waals surface area contributed by atoms with Gasteiger partial charge in [0.05, 0.1) is 12.3 Å². The fourth-order valence-electron chi connectivity index (χ4n) is 2.12. The highest BCUT2D eigenvalue weighted by molar-refractivity contribution is 5.77. The topological polar surface area (TPSA) is 26.3 Å². The van der Waals surface area contributed by atoms with E-state index in [-0.39, 0.29) is 11.9 Å². The van der Waals surface area contributed by atoms with E-state index in [2.05, 4.69) is 11.8 Å². The van der Waals surface area contributed by atoms with E-state index in [4.69, 9.17) is 4.74 Å². The van der Waals surface area contributed by atoms with Gasteiger partial charge in [-0.2, -0.15) is 0 Å². The first-order valence-electron chi connectivity index (χ1n) is 6.19. The van der Waals surface area contributed by atoms with Gasteiger partial charge in [0.1, 0.15) is 5.75 Å². The Labute approximate surface area is 112 Å². The summed E-state index contributed by atoms with van der Waals surface area (Å²) in [5.41, 5.74) is 1.95. The first-order valence-corrected chi connectivity index (χ1v) is 6.19. The van der Waals surface area contributed by atoms with E-state index in [1.807, 2.05) is 54.6 Å². The summed E-state index contributed by atoms with van der Waals surface area (Å²) in [4.78, 5) is 11.6. The molecule has 2 aromatic carbocycles. The minimum atomic E-state index is -0.217. The predicted octanol–water partition coefficient (Wildman–Crippen LogP) is 3.13. The fourth-order valence-corrected chi connectivity index (χ4v) is 2.12. The molecule has 0 aromatic heterocycles. The van der Waals surface area contributed by atoms with Crippen molar-refractivity contribution in [1.29, 1.82) is 0 Å². The molecular weight excluding hydrogens is 236 g/mol. The molecule has 0 N–H and O–H groups in total. The highest BCUT2D eigenvalue weighted by atomic mass is 16.5. The molecule has 2 nitrogen and oxygen atoms in total. The summed E-state index contributed by atoms with van der Waals surface area (Å²) in [7, 11) is 0. The van der Waals surface area contributed by atoms with Crippen molar-refractivity contribution in [2.45, 2.75) is 12.3 Å². The van der Waals surface area contributed by atoms with Crippen molar-refractivity contribution in [3.8, 4) is 17.6 Å². The Morgan fingerprint density at radius 3 is 2.58 bits per heavy atom. The van der Waals surface area contributed by atoms with Crippen LogP contribution < -0.4 is 4.74 Å². The number of carbonyl (C=O) groups excluding carboxylic acids is 1. The van der Waals surface area contributed by atoms with Crippen LogP contribution in [-0.2, 0) is 4.79 Å². The lowest BCUT2D eigenvalue weighted by molar-refractivity contribution is -0.135. The van der Waals surface area contributed by atoms with Gasteiger partial charge in [-0.25, -0.2) is 0 Å². The molecule has 1 aliphatic heterocycles. The summed E-state index contributed by atoms with van der Waals surface area (Å²) in [5.74, 6) is 6.62. The SMILES string of the molecule is O=C1C[C@H](C#Cc2ccccc2)c2ccccc2O1. The molecule has 0 radical (unpaired) electrons. The van der Waals surface area contributed by atoms with E-state index in [0.717, 1.165) is 11.1 Å². The van der Waals surface area contributed by atoms with Crippen LogP contribution in [0.2, 0.25) is 0 Å². The molecule has 0 saturated heterocycles. The maximum absolute atomic E-state index is 11.6. The second kappa shape index (κ2) is 4.99. The van der Waals surface area contributed by atoms with Crippen molar-refractivity contribution in [3.05, 3.63) is 65.7 Å². The van der Waals surface area contributed by atoms with E-state index >= 15 is 0 Å². The summed E-state index contributed by atoms with van der Waals surface area (Å²) < 4.78 is 5.21. The van der Waals surface area contributed by atoms with Gasteiger partial charge in [-0.3, -0.25) is 4.79 Å². The van der Waals surface area contributed by atoms with Gasteiger partial charge >= 0.3 is 5.97 Å². The van der Waals surface area contributed by atoms with Crippen LogP contribution in [0.5, 0.6) is 5.75 Å². The maximum atomic E-state index is 11.6. The highest BCUT2D eigenvalue weighted by Gasteiger charge is 2.25. The number of ether oxygens (including phenoxy) is 1. The Morgan fingerprint density at radius 1 is 1.00 bits per heavy atom. The smallest absolute Gasteiger partial charge is 0.312 e. The van der Waals surface area contributed by atoms with Gasteiger partial charge in [-0.15, -0.1) is 0 Å². The van der Waals surface area contributed by atoms with Gasteiger partial charge in [-0.05, 0) is 18.2 Å². The molecule has 1 aliphatic rings. The minimum absolute atomic E-state index is 0.0855. The van der Waals surface area contributed by atoms with Crippen LogP contribution >= 0.6 is 0 Å². The zero-order valence-corrected chi connectivity index (χ0v) is 10.3. The second-order valence-electron chi connectivity index (χ2n) is 4.40. The van der Waals surface area contributed by atoms with Crippen LogP contribution in [0.3, 0.4) is 0 Å². The van der Waals surface area contributed by atoms with Crippen LogP contribution in [0.1, 0.15) is 23.5 Å². The number of esters is 1. The normalized spacial score (nSPS) is 16.8. The molecule has 0 unspecified atom stereocenters. The molecule has 92 valence electrons. The van der Waals surface area contributed by atoms with E-state index in [1.165, 1.54) is 0 Å². The van der Waals surface area contributed by atoms with Crippen molar-refractivity contribution in [2.75, 3.05) is 0 Å².